The molecule has 0 unspecified atom stereocenters. The summed E-state index contributed by atoms with van der Waals surface area (Å²) in [7, 11) is -3.84. The number of halogens is 2. The minimum atomic E-state index is -3.84. The molecule has 0 amide bonds. The third kappa shape index (κ3) is 4.05. The lowest BCUT2D eigenvalue weighted by atomic mass is 9.93. The summed E-state index contributed by atoms with van der Waals surface area (Å²) in [6, 6.07) is 10.2. The third-order valence-corrected chi connectivity index (χ3v) is 5.86. The largest absolute Gasteiger partial charge is 0.279 e. The normalized spacial score (nSPS) is 12.0. The summed E-state index contributed by atoms with van der Waals surface area (Å²) < 4.78 is 28.5. The highest BCUT2D eigenvalue weighted by atomic mass is 35.5. The van der Waals surface area contributed by atoms with Crippen molar-refractivity contribution >= 4 is 38.9 Å². The van der Waals surface area contributed by atoms with E-state index in [2.05, 4.69) is 4.72 Å². The van der Waals surface area contributed by atoms with Crippen molar-refractivity contribution in [1.29, 1.82) is 0 Å². The zero-order valence-corrected chi connectivity index (χ0v) is 16.4. The fourth-order valence-electron chi connectivity index (χ4n) is 2.54. The lowest BCUT2D eigenvalue weighted by molar-refractivity contribution is 0.601. The van der Waals surface area contributed by atoms with Gasteiger partial charge in [-0.15, -0.1) is 0 Å². The van der Waals surface area contributed by atoms with E-state index in [0.717, 1.165) is 11.1 Å². The molecule has 0 fully saturated rings. The molecule has 0 saturated heterocycles. The Morgan fingerprint density at radius 2 is 1.46 bits per heavy atom. The monoisotopic (exact) mass is 385 g/mol. The van der Waals surface area contributed by atoms with E-state index in [1.165, 1.54) is 12.1 Å². The molecule has 24 heavy (non-hydrogen) atoms. The molecular weight excluding hydrogens is 365 g/mol. The Morgan fingerprint density at radius 3 is 1.96 bits per heavy atom. The van der Waals surface area contributed by atoms with Gasteiger partial charge in [-0.3, -0.25) is 4.72 Å². The van der Waals surface area contributed by atoms with Crippen LogP contribution in [0.1, 0.15) is 50.7 Å². The molecule has 6 heteroatoms. The van der Waals surface area contributed by atoms with Gasteiger partial charge in [0.2, 0.25) is 0 Å². The van der Waals surface area contributed by atoms with E-state index in [4.69, 9.17) is 23.2 Å². The van der Waals surface area contributed by atoms with Gasteiger partial charge in [0.15, 0.2) is 0 Å². The predicted octanol–water partition coefficient (Wildman–Crippen LogP) is 6.04. The first-order valence-electron chi connectivity index (χ1n) is 7.74. The molecule has 0 spiro atoms. The predicted molar refractivity (Wildman–Crippen MR) is 102 cm³/mol. The molecule has 0 aliphatic rings. The highest BCUT2D eigenvalue weighted by Gasteiger charge is 2.23. The summed E-state index contributed by atoms with van der Waals surface area (Å²) in [5, 5.41) is 0.459. The number of para-hydroxylation sites is 1. The van der Waals surface area contributed by atoms with Gasteiger partial charge in [0.1, 0.15) is 4.90 Å². The van der Waals surface area contributed by atoms with Crippen LogP contribution in [-0.2, 0) is 10.0 Å². The average molecular weight is 386 g/mol. The second kappa shape index (κ2) is 7.34. The lowest BCUT2D eigenvalue weighted by Crippen LogP contribution is -2.17. The van der Waals surface area contributed by atoms with Gasteiger partial charge >= 0.3 is 0 Å². The summed E-state index contributed by atoms with van der Waals surface area (Å²) in [6.45, 7) is 8.13. The van der Waals surface area contributed by atoms with Gasteiger partial charge in [0.25, 0.3) is 10.0 Å². The summed E-state index contributed by atoms with van der Waals surface area (Å²) >= 11 is 12.0. The molecule has 0 atom stereocenters. The molecule has 2 aromatic rings. The van der Waals surface area contributed by atoms with Crippen molar-refractivity contribution < 1.29 is 8.42 Å². The van der Waals surface area contributed by atoms with Crippen LogP contribution in [-0.4, -0.2) is 8.42 Å². The fraction of sp³-hybridized carbons (Fsp3) is 0.333. The summed E-state index contributed by atoms with van der Waals surface area (Å²) in [6.07, 6.45) is 0. The number of hydrogen-bond donors (Lipinski definition) is 1. The van der Waals surface area contributed by atoms with Crippen molar-refractivity contribution in [2.24, 2.45) is 0 Å². The molecule has 0 aromatic heterocycles. The molecule has 0 saturated carbocycles. The smallest absolute Gasteiger partial charge is 0.263 e. The topological polar surface area (TPSA) is 46.2 Å². The van der Waals surface area contributed by atoms with E-state index in [-0.39, 0.29) is 21.8 Å². The SMILES string of the molecule is CC(C)c1cccc(C(C)C)c1NS(=O)(=O)c1cc(Cl)ccc1Cl. The molecule has 0 radical (unpaired) electrons. The molecular formula is C18H21Cl2NO2S. The first-order valence-corrected chi connectivity index (χ1v) is 9.98. The Bertz CT molecular complexity index is 820. The molecule has 0 bridgehead atoms. The van der Waals surface area contributed by atoms with Gasteiger partial charge < -0.3 is 0 Å². The zero-order valence-electron chi connectivity index (χ0n) is 14.1. The molecule has 2 aromatic carbocycles. The minimum Gasteiger partial charge on any atom is -0.279 e. The van der Waals surface area contributed by atoms with Gasteiger partial charge in [0.05, 0.1) is 10.7 Å². The van der Waals surface area contributed by atoms with Crippen LogP contribution in [0.2, 0.25) is 10.0 Å². The third-order valence-electron chi connectivity index (χ3n) is 3.79. The number of sulfonamides is 1. The summed E-state index contributed by atoms with van der Waals surface area (Å²) in [4.78, 5) is -0.0232. The highest BCUT2D eigenvalue weighted by Crippen LogP contribution is 2.35. The second-order valence-corrected chi connectivity index (χ2v) is 8.80. The summed E-state index contributed by atoms with van der Waals surface area (Å²) in [5.41, 5.74) is 2.52. The van der Waals surface area contributed by atoms with Crippen molar-refractivity contribution in [3.63, 3.8) is 0 Å². The average Bonchev–Trinajstić information content (AvgIpc) is 2.48. The van der Waals surface area contributed by atoms with Crippen LogP contribution in [0.5, 0.6) is 0 Å². The molecule has 2 rings (SSSR count). The van der Waals surface area contributed by atoms with Gasteiger partial charge in [-0.05, 0) is 41.2 Å². The highest BCUT2D eigenvalue weighted by molar-refractivity contribution is 7.92. The Labute approximate surface area is 154 Å². The maximum absolute atomic E-state index is 12.9. The van der Waals surface area contributed by atoms with Crippen molar-refractivity contribution in [3.05, 3.63) is 57.6 Å². The Kier molecular flexibility index (Phi) is 5.84. The van der Waals surface area contributed by atoms with E-state index in [1.54, 1.807) is 6.07 Å². The van der Waals surface area contributed by atoms with Crippen LogP contribution in [0.15, 0.2) is 41.3 Å². The Hall–Kier alpha value is -1.23. The molecule has 0 heterocycles. The first kappa shape index (κ1) is 19.1. The fourth-order valence-corrected chi connectivity index (χ4v) is 4.42. The summed E-state index contributed by atoms with van der Waals surface area (Å²) in [5.74, 6) is 0.354. The standard InChI is InChI=1S/C18H21Cl2NO2S/c1-11(2)14-6-5-7-15(12(3)4)18(14)21-24(22,23)17-10-13(19)8-9-16(17)20/h5-12,21H,1-4H3. The number of hydrogen-bond acceptors (Lipinski definition) is 2. The van der Waals surface area contributed by atoms with E-state index in [9.17, 15) is 8.42 Å². The van der Waals surface area contributed by atoms with Crippen LogP contribution < -0.4 is 4.72 Å². The lowest BCUT2D eigenvalue weighted by Gasteiger charge is -2.21. The van der Waals surface area contributed by atoms with Crippen molar-refractivity contribution in [2.75, 3.05) is 4.72 Å². The van der Waals surface area contributed by atoms with Crippen LogP contribution in [0.4, 0.5) is 5.69 Å². The van der Waals surface area contributed by atoms with E-state index in [0.29, 0.717) is 10.7 Å². The van der Waals surface area contributed by atoms with Crippen LogP contribution in [0, 0.1) is 0 Å². The van der Waals surface area contributed by atoms with Crippen LogP contribution >= 0.6 is 23.2 Å². The van der Waals surface area contributed by atoms with Gasteiger partial charge in [-0.1, -0.05) is 69.1 Å². The second-order valence-electron chi connectivity index (χ2n) is 6.30. The number of anilines is 1. The van der Waals surface area contributed by atoms with Crippen molar-refractivity contribution in [2.45, 2.75) is 44.4 Å². The molecule has 130 valence electrons. The van der Waals surface area contributed by atoms with E-state index in [1.807, 2.05) is 45.9 Å². The minimum absolute atomic E-state index is 0.0232. The maximum atomic E-state index is 12.9. The molecule has 3 nitrogen and oxygen atoms in total. The number of nitrogens with one attached hydrogen (secondary N) is 1. The Morgan fingerprint density at radius 1 is 0.917 bits per heavy atom. The quantitative estimate of drug-likeness (QED) is 0.681. The Balaban J connectivity index is 2.59. The van der Waals surface area contributed by atoms with Gasteiger partial charge in [-0.25, -0.2) is 8.42 Å². The first-order chi connectivity index (χ1) is 11.1. The van der Waals surface area contributed by atoms with E-state index >= 15 is 0 Å². The number of rotatable bonds is 5. The molecule has 0 aliphatic heterocycles. The zero-order chi connectivity index (χ0) is 18.1. The van der Waals surface area contributed by atoms with Crippen molar-refractivity contribution in [1.82, 2.24) is 0 Å². The van der Waals surface area contributed by atoms with Gasteiger partial charge in [-0.2, -0.15) is 0 Å². The van der Waals surface area contributed by atoms with Crippen molar-refractivity contribution in [3.8, 4) is 0 Å². The molecule has 0 aliphatic carbocycles. The maximum Gasteiger partial charge on any atom is 0.263 e. The van der Waals surface area contributed by atoms with E-state index < -0.39 is 10.0 Å². The van der Waals surface area contributed by atoms with Crippen LogP contribution in [0.3, 0.4) is 0 Å². The van der Waals surface area contributed by atoms with Crippen LogP contribution in [0.25, 0.3) is 0 Å². The molecule has 1 N–H and O–H groups in total. The number of benzene rings is 2. The van der Waals surface area contributed by atoms with Gasteiger partial charge in [0, 0.05) is 5.02 Å².